The molecule has 22 heavy (non-hydrogen) atoms. The van der Waals surface area contributed by atoms with Gasteiger partial charge in [-0.1, -0.05) is 19.0 Å². The van der Waals surface area contributed by atoms with Gasteiger partial charge in [0, 0.05) is 25.4 Å². The van der Waals surface area contributed by atoms with E-state index in [9.17, 15) is 4.79 Å². The standard InChI is InChI=1S/C15H22N4O3/c1-10(2)7-12(8-16)17-13(20)3-4-14-18-15(19-22-14)11-5-6-21-9-11/h5-6,9-10,12H,3-4,7-8,16H2,1-2H3,(H,17,20). The minimum Gasteiger partial charge on any atom is -0.472 e. The van der Waals surface area contributed by atoms with Crippen molar-refractivity contribution < 1.29 is 13.7 Å². The van der Waals surface area contributed by atoms with Crippen molar-refractivity contribution in [3.8, 4) is 11.4 Å². The average Bonchev–Trinajstić information content (AvgIpc) is 3.14. The smallest absolute Gasteiger partial charge is 0.227 e. The Bertz CT molecular complexity index is 577. The molecule has 0 aliphatic heterocycles. The number of aromatic nitrogens is 2. The van der Waals surface area contributed by atoms with E-state index in [1.54, 1.807) is 18.6 Å². The summed E-state index contributed by atoms with van der Waals surface area (Å²) in [6.07, 6.45) is 4.64. The lowest BCUT2D eigenvalue weighted by atomic mass is 10.0. The Morgan fingerprint density at radius 1 is 1.45 bits per heavy atom. The monoisotopic (exact) mass is 306 g/mol. The maximum absolute atomic E-state index is 11.9. The van der Waals surface area contributed by atoms with Crippen molar-refractivity contribution in [3.05, 3.63) is 24.5 Å². The molecule has 1 amide bonds. The predicted octanol–water partition coefficient (Wildman–Crippen LogP) is 1.75. The Labute approximate surface area is 129 Å². The molecule has 2 aromatic heterocycles. The van der Waals surface area contributed by atoms with E-state index in [2.05, 4.69) is 29.3 Å². The second-order valence-electron chi connectivity index (χ2n) is 5.65. The molecular formula is C15H22N4O3. The quantitative estimate of drug-likeness (QED) is 0.769. The molecule has 7 heteroatoms. The van der Waals surface area contributed by atoms with Crippen molar-refractivity contribution in [1.29, 1.82) is 0 Å². The van der Waals surface area contributed by atoms with Crippen molar-refractivity contribution in [3.63, 3.8) is 0 Å². The number of furan rings is 1. The topological polar surface area (TPSA) is 107 Å². The lowest BCUT2D eigenvalue weighted by Crippen LogP contribution is -2.41. The highest BCUT2D eigenvalue weighted by Crippen LogP contribution is 2.16. The zero-order chi connectivity index (χ0) is 15.9. The van der Waals surface area contributed by atoms with Crippen molar-refractivity contribution in [2.45, 2.75) is 39.2 Å². The minimum absolute atomic E-state index is 0.0108. The van der Waals surface area contributed by atoms with Crippen LogP contribution in [0.5, 0.6) is 0 Å². The molecule has 0 bridgehead atoms. The highest BCUT2D eigenvalue weighted by atomic mass is 16.5. The summed E-state index contributed by atoms with van der Waals surface area (Å²) in [4.78, 5) is 16.2. The lowest BCUT2D eigenvalue weighted by Gasteiger charge is -2.18. The molecule has 0 aliphatic carbocycles. The van der Waals surface area contributed by atoms with Crippen molar-refractivity contribution in [2.75, 3.05) is 6.54 Å². The second kappa shape index (κ2) is 7.74. The molecule has 0 saturated carbocycles. The largest absolute Gasteiger partial charge is 0.472 e. The van der Waals surface area contributed by atoms with Crippen molar-refractivity contribution in [2.24, 2.45) is 11.7 Å². The van der Waals surface area contributed by atoms with Crippen molar-refractivity contribution in [1.82, 2.24) is 15.5 Å². The molecule has 120 valence electrons. The molecule has 0 spiro atoms. The number of aryl methyl sites for hydroxylation is 1. The van der Waals surface area contributed by atoms with E-state index in [0.717, 1.165) is 12.0 Å². The molecular weight excluding hydrogens is 284 g/mol. The number of hydrogen-bond donors (Lipinski definition) is 2. The van der Waals surface area contributed by atoms with Crippen LogP contribution in [0, 0.1) is 5.92 Å². The van der Waals surface area contributed by atoms with Crippen molar-refractivity contribution >= 4 is 5.91 Å². The summed E-state index contributed by atoms with van der Waals surface area (Å²) in [7, 11) is 0. The summed E-state index contributed by atoms with van der Waals surface area (Å²) in [6, 6.07) is 1.76. The molecule has 1 atom stereocenters. The van der Waals surface area contributed by atoms with Gasteiger partial charge in [0.05, 0.1) is 11.8 Å². The van der Waals surface area contributed by atoms with E-state index in [4.69, 9.17) is 14.7 Å². The fraction of sp³-hybridized carbons (Fsp3) is 0.533. The fourth-order valence-electron chi connectivity index (χ4n) is 2.17. The lowest BCUT2D eigenvalue weighted by molar-refractivity contribution is -0.121. The summed E-state index contributed by atoms with van der Waals surface area (Å²) in [5.74, 6) is 1.32. The first kappa shape index (κ1) is 16.2. The van der Waals surface area contributed by atoms with Crippen LogP contribution in [-0.4, -0.2) is 28.6 Å². The van der Waals surface area contributed by atoms with E-state index in [0.29, 0.717) is 37.0 Å². The first-order valence-corrected chi connectivity index (χ1v) is 7.43. The van der Waals surface area contributed by atoms with Gasteiger partial charge < -0.3 is 20.0 Å². The molecule has 7 nitrogen and oxygen atoms in total. The SMILES string of the molecule is CC(C)CC(CN)NC(=O)CCc1nc(-c2ccoc2)no1. The van der Waals surface area contributed by atoms with Gasteiger partial charge in [-0.15, -0.1) is 0 Å². The Kier molecular flexibility index (Phi) is 5.71. The number of amides is 1. The number of carbonyl (C=O) groups is 1. The van der Waals surface area contributed by atoms with Crippen LogP contribution in [0.2, 0.25) is 0 Å². The van der Waals surface area contributed by atoms with Crippen LogP contribution >= 0.6 is 0 Å². The van der Waals surface area contributed by atoms with E-state index in [1.165, 1.54) is 0 Å². The van der Waals surface area contributed by atoms with E-state index in [1.807, 2.05) is 0 Å². The number of carbonyl (C=O) groups excluding carboxylic acids is 1. The minimum atomic E-state index is -0.0563. The molecule has 0 saturated heterocycles. The summed E-state index contributed by atoms with van der Waals surface area (Å²) >= 11 is 0. The zero-order valence-electron chi connectivity index (χ0n) is 12.9. The van der Waals surface area contributed by atoms with Crippen LogP contribution < -0.4 is 11.1 Å². The number of rotatable bonds is 8. The second-order valence-corrected chi connectivity index (χ2v) is 5.65. The van der Waals surface area contributed by atoms with Crippen LogP contribution in [0.25, 0.3) is 11.4 Å². The molecule has 2 heterocycles. The zero-order valence-corrected chi connectivity index (χ0v) is 12.9. The molecule has 0 aromatic carbocycles. The first-order valence-electron chi connectivity index (χ1n) is 7.43. The third-order valence-corrected chi connectivity index (χ3v) is 3.22. The Balaban J connectivity index is 1.81. The van der Waals surface area contributed by atoms with Gasteiger partial charge in [-0.05, 0) is 18.4 Å². The Hall–Kier alpha value is -2.15. The Morgan fingerprint density at radius 3 is 2.91 bits per heavy atom. The molecule has 0 radical (unpaired) electrons. The molecule has 0 fully saturated rings. The van der Waals surface area contributed by atoms with Crippen LogP contribution in [0.15, 0.2) is 27.5 Å². The van der Waals surface area contributed by atoms with Gasteiger partial charge in [-0.2, -0.15) is 4.98 Å². The van der Waals surface area contributed by atoms with E-state index in [-0.39, 0.29) is 11.9 Å². The fourth-order valence-corrected chi connectivity index (χ4v) is 2.17. The van der Waals surface area contributed by atoms with Gasteiger partial charge in [-0.25, -0.2) is 0 Å². The van der Waals surface area contributed by atoms with Crippen LogP contribution in [0.1, 0.15) is 32.6 Å². The number of nitrogens with two attached hydrogens (primary N) is 1. The third-order valence-electron chi connectivity index (χ3n) is 3.22. The highest BCUT2D eigenvalue weighted by molar-refractivity contribution is 5.76. The Morgan fingerprint density at radius 2 is 2.27 bits per heavy atom. The summed E-state index contributed by atoms with van der Waals surface area (Å²) in [5.41, 5.74) is 6.42. The normalized spacial score (nSPS) is 12.5. The molecule has 1 unspecified atom stereocenters. The number of nitrogens with zero attached hydrogens (tertiary/aromatic N) is 2. The average molecular weight is 306 g/mol. The number of hydrogen-bond acceptors (Lipinski definition) is 6. The van der Waals surface area contributed by atoms with Gasteiger partial charge >= 0.3 is 0 Å². The van der Waals surface area contributed by atoms with E-state index >= 15 is 0 Å². The number of nitrogens with one attached hydrogen (secondary N) is 1. The van der Waals surface area contributed by atoms with E-state index < -0.39 is 0 Å². The highest BCUT2D eigenvalue weighted by Gasteiger charge is 2.14. The molecule has 0 aliphatic rings. The van der Waals surface area contributed by atoms with Gasteiger partial charge in [0.25, 0.3) is 0 Å². The molecule has 2 aromatic rings. The van der Waals surface area contributed by atoms with Crippen LogP contribution in [0.3, 0.4) is 0 Å². The summed E-state index contributed by atoms with van der Waals surface area (Å²) in [6.45, 7) is 4.64. The summed E-state index contributed by atoms with van der Waals surface area (Å²) < 4.78 is 10.1. The molecule has 2 rings (SSSR count). The van der Waals surface area contributed by atoms with Gasteiger partial charge in [-0.3, -0.25) is 4.79 Å². The summed E-state index contributed by atoms with van der Waals surface area (Å²) in [5, 5.41) is 6.79. The van der Waals surface area contributed by atoms with Gasteiger partial charge in [0.15, 0.2) is 0 Å². The van der Waals surface area contributed by atoms with Gasteiger partial charge in [0.1, 0.15) is 6.26 Å². The maximum Gasteiger partial charge on any atom is 0.227 e. The first-order chi connectivity index (χ1) is 10.6. The predicted molar refractivity (Wildman–Crippen MR) is 80.8 cm³/mol. The third kappa shape index (κ3) is 4.70. The maximum atomic E-state index is 11.9. The molecule has 3 N–H and O–H groups in total. The van der Waals surface area contributed by atoms with Crippen LogP contribution in [-0.2, 0) is 11.2 Å². The van der Waals surface area contributed by atoms with Gasteiger partial charge in [0.2, 0.25) is 17.6 Å². The van der Waals surface area contributed by atoms with Crippen LogP contribution in [0.4, 0.5) is 0 Å².